The Hall–Kier alpha value is -2.02. The molecule has 0 spiro atoms. The molecule has 0 saturated carbocycles. The van der Waals surface area contributed by atoms with Crippen LogP contribution >= 0.6 is 11.3 Å². The quantitative estimate of drug-likeness (QED) is 0.739. The van der Waals surface area contributed by atoms with Gasteiger partial charge in [0, 0.05) is 28.9 Å². The van der Waals surface area contributed by atoms with Crippen molar-refractivity contribution in [2.45, 2.75) is 6.92 Å². The lowest BCUT2D eigenvalue weighted by Crippen LogP contribution is -2.49. The first-order chi connectivity index (χ1) is 9.59. The number of nitrogens with zero attached hydrogens (tertiary/aromatic N) is 3. The molecule has 4 heterocycles. The van der Waals surface area contributed by atoms with E-state index in [0.717, 1.165) is 25.2 Å². The van der Waals surface area contributed by atoms with Gasteiger partial charge in [0.1, 0.15) is 11.2 Å². The summed E-state index contributed by atoms with van der Waals surface area (Å²) in [6.45, 7) is -1.91. The molecule has 0 N–H and O–H groups in total. The Kier molecular flexibility index (Phi) is 2.21. The molecule has 0 aliphatic carbocycles. The zero-order valence-corrected chi connectivity index (χ0v) is 11.4. The van der Waals surface area contributed by atoms with Gasteiger partial charge >= 0.3 is 6.97 Å². The third-order valence-electron chi connectivity index (χ3n) is 3.57. The van der Waals surface area contributed by atoms with E-state index < -0.39 is 6.97 Å². The van der Waals surface area contributed by atoms with Crippen molar-refractivity contribution in [3.63, 3.8) is 0 Å². The SMILES string of the molecule is Cc1csc(C2=C3C=CC=[N+]3[B-](F)(F)n3cccc32)n1. The molecule has 0 unspecified atom stereocenters. The number of fused-ring (bicyclic) bond motifs is 2. The second-order valence-corrected chi connectivity index (χ2v) is 5.72. The summed E-state index contributed by atoms with van der Waals surface area (Å²) in [4.78, 5) is 4.46. The summed E-state index contributed by atoms with van der Waals surface area (Å²) in [5, 5.41) is 2.70. The molecule has 0 aromatic carbocycles. The minimum Gasteiger partial charge on any atom is -0.396 e. The monoisotopic (exact) mass is 289 g/mol. The summed E-state index contributed by atoms with van der Waals surface area (Å²) in [7, 11) is 0. The zero-order chi connectivity index (χ0) is 13.9. The summed E-state index contributed by atoms with van der Waals surface area (Å²) in [5.74, 6) is 0. The summed E-state index contributed by atoms with van der Waals surface area (Å²) in [5.41, 5.74) is 2.72. The van der Waals surface area contributed by atoms with Gasteiger partial charge in [0.05, 0.1) is 5.57 Å². The molecule has 2 aliphatic rings. The average Bonchev–Trinajstić information content (AvgIpc) is 3.09. The number of hydrogen-bond acceptors (Lipinski definition) is 2. The lowest BCUT2D eigenvalue weighted by atomic mass is 9.89. The van der Waals surface area contributed by atoms with Crippen LogP contribution in [0.1, 0.15) is 16.4 Å². The molecule has 2 aromatic heterocycles. The third-order valence-corrected chi connectivity index (χ3v) is 4.55. The van der Waals surface area contributed by atoms with E-state index in [0.29, 0.717) is 11.4 Å². The fourth-order valence-corrected chi connectivity index (χ4v) is 3.56. The van der Waals surface area contributed by atoms with E-state index in [-0.39, 0.29) is 0 Å². The molecule has 100 valence electrons. The van der Waals surface area contributed by atoms with Crippen LogP contribution in [0.25, 0.3) is 5.57 Å². The smallest absolute Gasteiger partial charge is 0.396 e. The lowest BCUT2D eigenvalue weighted by Gasteiger charge is -2.30. The largest absolute Gasteiger partial charge is 0.737 e. The number of halogens is 2. The molecule has 0 saturated heterocycles. The second kappa shape index (κ2) is 3.76. The molecule has 0 atom stereocenters. The number of allylic oxidation sites excluding steroid dienone is 2. The van der Waals surface area contributed by atoms with Crippen molar-refractivity contribution in [3.8, 4) is 0 Å². The predicted octanol–water partition coefficient (Wildman–Crippen LogP) is 2.90. The maximum Gasteiger partial charge on any atom is 0.737 e. The van der Waals surface area contributed by atoms with Gasteiger partial charge in [-0.25, -0.2) is 4.98 Å². The highest BCUT2D eigenvalue weighted by molar-refractivity contribution is 7.10. The highest BCUT2D eigenvalue weighted by Crippen LogP contribution is 2.39. The summed E-state index contributed by atoms with van der Waals surface area (Å²) >= 11 is 1.48. The predicted molar refractivity (Wildman–Crippen MR) is 76.1 cm³/mol. The van der Waals surface area contributed by atoms with Gasteiger partial charge in [-0.1, -0.05) is 0 Å². The van der Waals surface area contributed by atoms with Gasteiger partial charge in [0.25, 0.3) is 0 Å². The Balaban J connectivity index is 2.07. The molecule has 0 radical (unpaired) electrons. The Labute approximate surface area is 118 Å². The minimum absolute atomic E-state index is 0.524. The van der Waals surface area contributed by atoms with Gasteiger partial charge < -0.3 is 17.6 Å². The number of aryl methyl sites for hydroxylation is 1. The van der Waals surface area contributed by atoms with Crippen molar-refractivity contribution >= 4 is 30.1 Å². The van der Waals surface area contributed by atoms with Crippen molar-refractivity contribution in [1.29, 1.82) is 0 Å². The minimum atomic E-state index is -3.82. The van der Waals surface area contributed by atoms with Gasteiger partial charge in [0.2, 0.25) is 0 Å². The van der Waals surface area contributed by atoms with Crippen LogP contribution < -0.4 is 0 Å². The van der Waals surface area contributed by atoms with E-state index in [2.05, 4.69) is 4.98 Å². The highest BCUT2D eigenvalue weighted by Gasteiger charge is 2.51. The Morgan fingerprint density at radius 1 is 1.40 bits per heavy atom. The Bertz CT molecular complexity index is 813. The number of thiazole rings is 1. The first-order valence-corrected chi connectivity index (χ1v) is 7.13. The fraction of sp³-hybridized carbons (Fsp3) is 0.0769. The molecule has 7 heteroatoms. The van der Waals surface area contributed by atoms with E-state index in [9.17, 15) is 8.63 Å². The number of aromatic nitrogens is 2. The third kappa shape index (κ3) is 1.38. The van der Waals surface area contributed by atoms with Crippen molar-refractivity contribution < 1.29 is 13.1 Å². The van der Waals surface area contributed by atoms with Crippen molar-refractivity contribution in [2.75, 3.05) is 0 Å². The van der Waals surface area contributed by atoms with Gasteiger partial charge in [-0.05, 0) is 25.3 Å². The molecule has 0 amide bonds. The van der Waals surface area contributed by atoms with Gasteiger partial charge in [-0.2, -0.15) is 0 Å². The van der Waals surface area contributed by atoms with Crippen LogP contribution in [0.3, 0.4) is 0 Å². The van der Waals surface area contributed by atoms with E-state index >= 15 is 0 Å². The molecule has 3 nitrogen and oxygen atoms in total. The van der Waals surface area contributed by atoms with E-state index in [1.54, 1.807) is 24.3 Å². The Morgan fingerprint density at radius 3 is 3.00 bits per heavy atom. The molecular weight excluding hydrogens is 279 g/mol. The second-order valence-electron chi connectivity index (χ2n) is 4.86. The zero-order valence-electron chi connectivity index (χ0n) is 10.6. The normalized spacial score (nSPS) is 19.1. The molecule has 2 aliphatic heterocycles. The molecule has 2 aromatic rings. The van der Waals surface area contributed by atoms with Crippen LogP contribution in [-0.4, -0.2) is 27.1 Å². The summed E-state index contributed by atoms with van der Waals surface area (Å²) < 4.78 is 31.1. The lowest BCUT2D eigenvalue weighted by molar-refractivity contribution is -0.356. The first-order valence-electron chi connectivity index (χ1n) is 6.25. The Morgan fingerprint density at radius 2 is 2.25 bits per heavy atom. The molecule has 0 bridgehead atoms. The highest BCUT2D eigenvalue weighted by atomic mass is 32.1. The van der Waals surface area contributed by atoms with E-state index in [1.165, 1.54) is 23.7 Å². The van der Waals surface area contributed by atoms with Crippen LogP contribution in [0.15, 0.2) is 41.6 Å². The van der Waals surface area contributed by atoms with Crippen molar-refractivity contribution in [1.82, 2.24) is 9.46 Å². The fourth-order valence-electron chi connectivity index (χ4n) is 2.71. The maximum atomic E-state index is 14.5. The standard InChI is InChI=1S/C13H10BF2N3S/c1-9-8-20-13(17-9)12-10-4-2-6-18(10)14(15,16)19-7-3-5-11(12)19/h2-8H,1H3. The van der Waals surface area contributed by atoms with Crippen LogP contribution in [0.5, 0.6) is 0 Å². The van der Waals surface area contributed by atoms with Crippen molar-refractivity contribution in [3.05, 3.63) is 58.0 Å². The number of rotatable bonds is 1. The first kappa shape index (κ1) is 11.8. The molecule has 20 heavy (non-hydrogen) atoms. The average molecular weight is 289 g/mol. The van der Waals surface area contributed by atoms with Crippen LogP contribution in [0.4, 0.5) is 8.63 Å². The number of hydrogen-bond donors (Lipinski definition) is 0. The van der Waals surface area contributed by atoms with Crippen molar-refractivity contribution in [2.24, 2.45) is 0 Å². The van der Waals surface area contributed by atoms with Gasteiger partial charge in [-0.3, -0.25) is 0 Å². The maximum absolute atomic E-state index is 14.5. The van der Waals surface area contributed by atoms with E-state index in [1.807, 2.05) is 12.3 Å². The van der Waals surface area contributed by atoms with Crippen LogP contribution in [-0.2, 0) is 0 Å². The molecule has 0 fully saturated rings. The van der Waals surface area contributed by atoms with Crippen LogP contribution in [0, 0.1) is 6.92 Å². The summed E-state index contributed by atoms with van der Waals surface area (Å²) in [6.07, 6.45) is 6.23. The van der Waals surface area contributed by atoms with Gasteiger partial charge in [0.15, 0.2) is 5.70 Å². The molecular formula is C13H10BF2N3S. The van der Waals surface area contributed by atoms with Gasteiger partial charge in [-0.15, -0.1) is 11.3 Å². The van der Waals surface area contributed by atoms with Crippen LogP contribution in [0.2, 0.25) is 0 Å². The topological polar surface area (TPSA) is 20.8 Å². The summed E-state index contributed by atoms with van der Waals surface area (Å²) in [6, 6.07) is 3.37. The van der Waals surface area contributed by atoms with E-state index in [4.69, 9.17) is 0 Å². The molecule has 4 rings (SSSR count).